The Morgan fingerprint density at radius 2 is 2.10 bits per heavy atom. The molecule has 2 atom stereocenters. The molecule has 114 valence electrons. The van der Waals surface area contributed by atoms with Crippen LogP contribution in [0, 0.1) is 16.0 Å². The van der Waals surface area contributed by atoms with Crippen molar-refractivity contribution in [2.75, 3.05) is 11.9 Å². The average molecular weight is 293 g/mol. The zero-order valence-electron chi connectivity index (χ0n) is 12.2. The van der Waals surface area contributed by atoms with Crippen LogP contribution in [-0.2, 0) is 0 Å². The topological polar surface area (TPSA) is 96.6 Å². The van der Waals surface area contributed by atoms with Crippen molar-refractivity contribution in [3.63, 3.8) is 0 Å². The van der Waals surface area contributed by atoms with Crippen LogP contribution < -0.4 is 4.90 Å². The van der Waals surface area contributed by atoms with Gasteiger partial charge < -0.3 is 10.0 Å². The summed E-state index contributed by atoms with van der Waals surface area (Å²) in [5.41, 5.74) is -0.328. The molecule has 7 nitrogen and oxygen atoms in total. The lowest BCUT2D eigenvalue weighted by atomic mass is 9.85. The second kappa shape index (κ2) is 6.07. The third-order valence-corrected chi connectivity index (χ3v) is 4.17. The molecule has 2 unspecified atom stereocenters. The normalized spacial score (nSPS) is 21.8. The van der Waals surface area contributed by atoms with Crippen molar-refractivity contribution in [3.05, 3.63) is 27.9 Å². The summed E-state index contributed by atoms with van der Waals surface area (Å²) in [6, 6.07) is 2.53. The Morgan fingerprint density at radius 3 is 2.67 bits per heavy atom. The van der Waals surface area contributed by atoms with Crippen molar-refractivity contribution < 1.29 is 14.8 Å². The van der Waals surface area contributed by atoms with E-state index in [1.807, 2.05) is 0 Å². The Bertz CT molecular complexity index is 561. The van der Waals surface area contributed by atoms with E-state index in [-0.39, 0.29) is 23.2 Å². The number of aromatic carboxylic acids is 1. The third-order valence-electron chi connectivity index (χ3n) is 4.17. The highest BCUT2D eigenvalue weighted by molar-refractivity contribution is 5.86. The highest BCUT2D eigenvalue weighted by atomic mass is 16.6. The maximum absolute atomic E-state index is 11.2. The van der Waals surface area contributed by atoms with E-state index < -0.39 is 10.9 Å². The molecular weight excluding hydrogens is 274 g/mol. The van der Waals surface area contributed by atoms with Gasteiger partial charge in [0.1, 0.15) is 0 Å². The molecule has 0 aliphatic heterocycles. The summed E-state index contributed by atoms with van der Waals surface area (Å²) in [6.07, 6.45) is 4.25. The second-order valence-corrected chi connectivity index (χ2v) is 5.54. The second-order valence-electron chi connectivity index (χ2n) is 5.54. The van der Waals surface area contributed by atoms with E-state index in [0.29, 0.717) is 5.92 Å². The van der Waals surface area contributed by atoms with E-state index in [0.717, 1.165) is 25.7 Å². The molecule has 1 aliphatic carbocycles. The Morgan fingerprint density at radius 1 is 1.43 bits per heavy atom. The fourth-order valence-corrected chi connectivity index (χ4v) is 2.99. The molecular formula is C14H19N3O4. The molecule has 0 radical (unpaired) electrons. The van der Waals surface area contributed by atoms with Gasteiger partial charge in [-0.05, 0) is 24.8 Å². The Labute approximate surface area is 122 Å². The van der Waals surface area contributed by atoms with Crippen molar-refractivity contribution in [2.45, 2.75) is 38.6 Å². The predicted molar refractivity (Wildman–Crippen MR) is 77.7 cm³/mol. The van der Waals surface area contributed by atoms with Gasteiger partial charge in [-0.2, -0.15) is 0 Å². The van der Waals surface area contributed by atoms with E-state index in [2.05, 4.69) is 11.9 Å². The van der Waals surface area contributed by atoms with Gasteiger partial charge in [-0.15, -0.1) is 0 Å². The minimum Gasteiger partial charge on any atom is -0.477 e. The van der Waals surface area contributed by atoms with Crippen molar-refractivity contribution >= 4 is 17.5 Å². The van der Waals surface area contributed by atoms with Crippen LogP contribution in [0.2, 0.25) is 0 Å². The van der Waals surface area contributed by atoms with Crippen LogP contribution in [0.1, 0.15) is 43.1 Å². The molecule has 0 saturated heterocycles. The zero-order chi connectivity index (χ0) is 15.6. The quantitative estimate of drug-likeness (QED) is 0.677. The van der Waals surface area contributed by atoms with E-state index in [4.69, 9.17) is 5.11 Å². The molecule has 0 bridgehead atoms. The third kappa shape index (κ3) is 3.12. The van der Waals surface area contributed by atoms with Gasteiger partial charge in [0.2, 0.25) is 5.82 Å². The minimum atomic E-state index is -1.18. The van der Waals surface area contributed by atoms with Gasteiger partial charge in [-0.1, -0.05) is 19.8 Å². The summed E-state index contributed by atoms with van der Waals surface area (Å²) in [7, 11) is 1.76. The number of rotatable bonds is 4. The van der Waals surface area contributed by atoms with Crippen molar-refractivity contribution in [1.29, 1.82) is 0 Å². The summed E-state index contributed by atoms with van der Waals surface area (Å²) >= 11 is 0. The van der Waals surface area contributed by atoms with Crippen LogP contribution in [0.4, 0.5) is 11.5 Å². The summed E-state index contributed by atoms with van der Waals surface area (Å²) in [4.78, 5) is 27.5. The fraction of sp³-hybridized carbons (Fsp3) is 0.571. The smallest absolute Gasteiger partial charge is 0.354 e. The monoisotopic (exact) mass is 293 g/mol. The van der Waals surface area contributed by atoms with E-state index in [1.165, 1.54) is 12.1 Å². The number of hydrogen-bond donors (Lipinski definition) is 1. The molecule has 1 aliphatic rings. The number of carbonyl (C=O) groups is 1. The number of carboxylic acids is 1. The van der Waals surface area contributed by atoms with Gasteiger partial charge in [0.15, 0.2) is 5.69 Å². The number of pyridine rings is 1. The molecule has 21 heavy (non-hydrogen) atoms. The van der Waals surface area contributed by atoms with Crippen molar-refractivity contribution in [3.8, 4) is 0 Å². The Kier molecular flexibility index (Phi) is 4.40. The number of nitrogens with zero attached hydrogens (tertiary/aromatic N) is 3. The van der Waals surface area contributed by atoms with Gasteiger partial charge >= 0.3 is 11.7 Å². The van der Waals surface area contributed by atoms with Crippen LogP contribution in [-0.4, -0.2) is 34.1 Å². The first-order chi connectivity index (χ1) is 9.91. The lowest BCUT2D eigenvalue weighted by molar-refractivity contribution is -0.384. The summed E-state index contributed by atoms with van der Waals surface area (Å²) in [6.45, 7) is 2.12. The summed E-state index contributed by atoms with van der Waals surface area (Å²) < 4.78 is 0. The SMILES string of the molecule is CC1CCCCC1N(C)c1nc(C(=O)O)ccc1[N+](=O)[O-]. The average Bonchev–Trinajstić information content (AvgIpc) is 2.46. The molecule has 2 rings (SSSR count). The summed E-state index contributed by atoms with van der Waals surface area (Å²) in [5.74, 6) is -0.645. The molecule has 1 saturated carbocycles. The first-order valence-electron chi connectivity index (χ1n) is 7.03. The maximum Gasteiger partial charge on any atom is 0.354 e. The van der Waals surface area contributed by atoms with Gasteiger partial charge in [-0.25, -0.2) is 9.78 Å². The Hall–Kier alpha value is -2.18. The number of aromatic nitrogens is 1. The standard InChI is InChI=1S/C14H19N3O4/c1-9-5-3-4-6-11(9)16(2)13-12(17(20)21)8-7-10(15-13)14(18)19/h7-9,11H,3-6H2,1-2H3,(H,18,19). The molecule has 7 heteroatoms. The molecule has 0 amide bonds. The number of hydrogen-bond acceptors (Lipinski definition) is 5. The highest BCUT2D eigenvalue weighted by Crippen LogP contribution is 2.33. The number of nitro groups is 1. The fourth-order valence-electron chi connectivity index (χ4n) is 2.99. The Balaban J connectivity index is 2.41. The number of carboxylic acid groups (broad SMARTS) is 1. The molecule has 0 aromatic carbocycles. The number of anilines is 1. The molecule has 0 spiro atoms. The van der Waals surface area contributed by atoms with Crippen LogP contribution >= 0.6 is 0 Å². The lowest BCUT2D eigenvalue weighted by Gasteiger charge is -2.36. The molecule has 1 aromatic heterocycles. The van der Waals surface area contributed by atoms with Crippen LogP contribution in [0.25, 0.3) is 0 Å². The molecule has 1 heterocycles. The molecule has 1 aromatic rings. The van der Waals surface area contributed by atoms with Gasteiger partial charge in [0.05, 0.1) is 4.92 Å². The van der Waals surface area contributed by atoms with Gasteiger partial charge in [-0.3, -0.25) is 10.1 Å². The molecule has 1 fully saturated rings. The highest BCUT2D eigenvalue weighted by Gasteiger charge is 2.30. The zero-order valence-corrected chi connectivity index (χ0v) is 12.2. The van der Waals surface area contributed by atoms with Crippen molar-refractivity contribution in [1.82, 2.24) is 4.98 Å². The minimum absolute atomic E-state index is 0.138. The van der Waals surface area contributed by atoms with E-state index >= 15 is 0 Å². The first kappa shape index (κ1) is 15.2. The van der Waals surface area contributed by atoms with E-state index in [9.17, 15) is 14.9 Å². The molecule has 1 N–H and O–H groups in total. The van der Waals surface area contributed by atoms with Crippen LogP contribution in [0.3, 0.4) is 0 Å². The maximum atomic E-state index is 11.2. The van der Waals surface area contributed by atoms with Crippen LogP contribution in [0.5, 0.6) is 0 Å². The predicted octanol–water partition coefficient (Wildman–Crippen LogP) is 2.70. The largest absolute Gasteiger partial charge is 0.477 e. The van der Waals surface area contributed by atoms with E-state index in [1.54, 1.807) is 11.9 Å². The van der Waals surface area contributed by atoms with Gasteiger partial charge in [0.25, 0.3) is 0 Å². The first-order valence-corrected chi connectivity index (χ1v) is 7.03. The van der Waals surface area contributed by atoms with Gasteiger partial charge in [0, 0.05) is 19.2 Å². The van der Waals surface area contributed by atoms with Crippen LogP contribution in [0.15, 0.2) is 12.1 Å². The lowest BCUT2D eigenvalue weighted by Crippen LogP contribution is -2.39. The van der Waals surface area contributed by atoms with Crippen molar-refractivity contribution in [2.24, 2.45) is 5.92 Å². The summed E-state index contributed by atoms with van der Waals surface area (Å²) in [5, 5.41) is 20.2.